The Bertz CT molecular complexity index is 644. The molecule has 5 nitrogen and oxygen atoms in total. The Kier molecular flexibility index (Phi) is 3.52. The lowest BCUT2D eigenvalue weighted by atomic mass is 10.3. The second-order valence-electron chi connectivity index (χ2n) is 4.55. The van der Waals surface area contributed by atoms with Crippen LogP contribution in [0.25, 0.3) is 0 Å². The topological polar surface area (TPSA) is 64.1 Å². The predicted octanol–water partition coefficient (Wildman–Crippen LogP) is 2.81. The van der Waals surface area contributed by atoms with E-state index in [4.69, 9.17) is 16.3 Å². The molecule has 3 rings (SSSR count). The zero-order chi connectivity index (χ0) is 13.9. The number of amides is 1. The molecule has 1 N–H and O–H groups in total. The van der Waals surface area contributed by atoms with Gasteiger partial charge in [0.1, 0.15) is 11.4 Å². The Labute approximate surface area is 121 Å². The molecule has 2 heterocycles. The monoisotopic (exact) mass is 289 g/mol. The maximum atomic E-state index is 11.9. The Morgan fingerprint density at radius 2 is 2.20 bits per heavy atom. The van der Waals surface area contributed by atoms with Gasteiger partial charge in [0.05, 0.1) is 11.2 Å². The molecule has 1 aliphatic carbocycles. The van der Waals surface area contributed by atoms with Gasteiger partial charge in [-0.2, -0.15) is 0 Å². The molecule has 1 fully saturated rings. The van der Waals surface area contributed by atoms with E-state index in [1.165, 1.54) is 12.4 Å². The minimum atomic E-state index is -0.179. The van der Waals surface area contributed by atoms with Crippen molar-refractivity contribution in [2.75, 3.05) is 0 Å². The molecule has 20 heavy (non-hydrogen) atoms. The van der Waals surface area contributed by atoms with Crippen LogP contribution in [0.15, 0.2) is 36.7 Å². The van der Waals surface area contributed by atoms with E-state index in [0.717, 1.165) is 12.8 Å². The maximum absolute atomic E-state index is 11.9. The Balaban J connectivity index is 1.75. The summed E-state index contributed by atoms with van der Waals surface area (Å²) in [6.07, 6.45) is 5.12. The largest absolute Gasteiger partial charge is 0.437 e. The van der Waals surface area contributed by atoms with Gasteiger partial charge in [0.25, 0.3) is 5.91 Å². The quantitative estimate of drug-likeness (QED) is 0.940. The molecule has 6 heteroatoms. The minimum absolute atomic E-state index is 0.179. The van der Waals surface area contributed by atoms with Crippen molar-refractivity contribution in [2.45, 2.75) is 18.9 Å². The van der Waals surface area contributed by atoms with Crippen LogP contribution in [0.2, 0.25) is 5.02 Å². The van der Waals surface area contributed by atoms with Gasteiger partial charge >= 0.3 is 0 Å². The van der Waals surface area contributed by atoms with E-state index in [0.29, 0.717) is 28.4 Å². The van der Waals surface area contributed by atoms with Crippen molar-refractivity contribution in [1.29, 1.82) is 0 Å². The van der Waals surface area contributed by atoms with Gasteiger partial charge in [0.15, 0.2) is 0 Å². The van der Waals surface area contributed by atoms with Crippen molar-refractivity contribution >= 4 is 17.5 Å². The van der Waals surface area contributed by atoms with Crippen LogP contribution in [-0.4, -0.2) is 21.9 Å². The maximum Gasteiger partial charge on any atom is 0.270 e. The lowest BCUT2D eigenvalue weighted by Crippen LogP contribution is -2.26. The zero-order valence-electron chi connectivity index (χ0n) is 10.5. The molecule has 1 aliphatic rings. The first-order valence-corrected chi connectivity index (χ1v) is 6.65. The second kappa shape index (κ2) is 5.46. The molecule has 1 saturated carbocycles. The highest BCUT2D eigenvalue weighted by Crippen LogP contribution is 2.22. The second-order valence-corrected chi connectivity index (χ2v) is 4.99. The number of hydrogen-bond donors (Lipinski definition) is 1. The Morgan fingerprint density at radius 1 is 1.35 bits per heavy atom. The number of nitrogens with zero attached hydrogens (tertiary/aromatic N) is 2. The van der Waals surface area contributed by atoms with E-state index in [1.807, 2.05) is 0 Å². The predicted molar refractivity (Wildman–Crippen MR) is 74.0 cm³/mol. The number of rotatable bonds is 4. The van der Waals surface area contributed by atoms with Gasteiger partial charge in [-0.05, 0) is 18.9 Å². The van der Waals surface area contributed by atoms with E-state index in [1.54, 1.807) is 24.3 Å². The van der Waals surface area contributed by atoms with Gasteiger partial charge in [0.2, 0.25) is 5.88 Å². The number of aromatic nitrogens is 2. The summed E-state index contributed by atoms with van der Waals surface area (Å²) < 4.78 is 5.53. The molecule has 0 aliphatic heterocycles. The molecule has 0 bridgehead atoms. The summed E-state index contributed by atoms with van der Waals surface area (Å²) in [6, 6.07) is 6.98. The third-order valence-corrected chi connectivity index (χ3v) is 2.98. The smallest absolute Gasteiger partial charge is 0.270 e. The van der Waals surface area contributed by atoms with E-state index >= 15 is 0 Å². The highest BCUT2D eigenvalue weighted by Gasteiger charge is 2.24. The summed E-state index contributed by atoms with van der Waals surface area (Å²) in [5.74, 6) is 0.629. The fraction of sp³-hybridized carbons (Fsp3) is 0.214. The molecule has 1 amide bonds. The van der Waals surface area contributed by atoms with E-state index in [2.05, 4.69) is 15.3 Å². The van der Waals surface area contributed by atoms with Crippen molar-refractivity contribution in [3.8, 4) is 11.6 Å². The third kappa shape index (κ3) is 3.24. The summed E-state index contributed by atoms with van der Waals surface area (Å²) in [5.41, 5.74) is 0.337. The molecule has 2 aromatic heterocycles. The van der Waals surface area contributed by atoms with Crippen LogP contribution in [-0.2, 0) is 0 Å². The van der Waals surface area contributed by atoms with Crippen LogP contribution in [0.1, 0.15) is 23.3 Å². The van der Waals surface area contributed by atoms with Crippen molar-refractivity contribution in [3.05, 3.63) is 47.4 Å². The van der Waals surface area contributed by atoms with Crippen LogP contribution >= 0.6 is 11.6 Å². The van der Waals surface area contributed by atoms with Gasteiger partial charge in [-0.3, -0.25) is 9.78 Å². The lowest BCUT2D eigenvalue weighted by Gasteiger charge is -2.06. The summed E-state index contributed by atoms with van der Waals surface area (Å²) in [4.78, 5) is 20.0. The number of carbonyl (C=O) groups is 1. The number of hydrogen-bond acceptors (Lipinski definition) is 4. The molecular weight excluding hydrogens is 278 g/mol. The van der Waals surface area contributed by atoms with Gasteiger partial charge < -0.3 is 10.1 Å². The van der Waals surface area contributed by atoms with Crippen LogP contribution in [0.4, 0.5) is 0 Å². The minimum Gasteiger partial charge on any atom is -0.437 e. The highest BCUT2D eigenvalue weighted by molar-refractivity contribution is 6.30. The molecular formula is C14H12ClN3O2. The summed E-state index contributed by atoms with van der Waals surface area (Å²) in [6.45, 7) is 0. The Morgan fingerprint density at radius 3 is 2.95 bits per heavy atom. The van der Waals surface area contributed by atoms with Gasteiger partial charge in [-0.15, -0.1) is 0 Å². The first-order valence-electron chi connectivity index (χ1n) is 6.27. The standard InChI is InChI=1S/C14H12ClN3O2/c15-9-6-11(8-16-7-9)20-13-3-1-2-12(18-13)14(19)17-10-4-5-10/h1-3,6-8,10H,4-5H2,(H,17,19). The average Bonchev–Trinajstić information content (AvgIpc) is 3.23. The Hall–Kier alpha value is -2.14. The first kappa shape index (κ1) is 12.9. The molecule has 2 aromatic rings. The fourth-order valence-corrected chi connectivity index (χ4v) is 1.82. The van der Waals surface area contributed by atoms with E-state index < -0.39 is 0 Å². The van der Waals surface area contributed by atoms with Crippen LogP contribution < -0.4 is 10.1 Å². The molecule has 0 unspecified atom stereocenters. The number of nitrogens with one attached hydrogen (secondary N) is 1. The van der Waals surface area contributed by atoms with Crippen LogP contribution in [0.5, 0.6) is 11.6 Å². The number of carbonyl (C=O) groups excluding carboxylic acids is 1. The first-order chi connectivity index (χ1) is 9.70. The lowest BCUT2D eigenvalue weighted by molar-refractivity contribution is 0.0945. The molecule has 0 aromatic carbocycles. The van der Waals surface area contributed by atoms with Crippen LogP contribution in [0.3, 0.4) is 0 Å². The molecule has 0 atom stereocenters. The summed E-state index contributed by atoms with van der Waals surface area (Å²) >= 11 is 5.83. The number of pyridine rings is 2. The molecule has 0 radical (unpaired) electrons. The average molecular weight is 290 g/mol. The van der Waals surface area contributed by atoms with Crippen molar-refractivity contribution in [1.82, 2.24) is 15.3 Å². The van der Waals surface area contributed by atoms with Crippen LogP contribution in [0, 0.1) is 0 Å². The third-order valence-electron chi connectivity index (χ3n) is 2.77. The van der Waals surface area contributed by atoms with Gasteiger partial charge in [0, 0.05) is 24.4 Å². The summed E-state index contributed by atoms with van der Waals surface area (Å²) in [5, 5.41) is 3.36. The van der Waals surface area contributed by atoms with E-state index in [-0.39, 0.29) is 5.91 Å². The summed E-state index contributed by atoms with van der Waals surface area (Å²) in [7, 11) is 0. The molecule has 0 spiro atoms. The van der Waals surface area contributed by atoms with Crippen molar-refractivity contribution < 1.29 is 9.53 Å². The number of halogens is 1. The van der Waals surface area contributed by atoms with Gasteiger partial charge in [-0.25, -0.2) is 4.98 Å². The SMILES string of the molecule is O=C(NC1CC1)c1cccc(Oc2cncc(Cl)c2)n1. The van der Waals surface area contributed by atoms with Crippen molar-refractivity contribution in [2.24, 2.45) is 0 Å². The normalized spacial score (nSPS) is 13.8. The van der Waals surface area contributed by atoms with Crippen molar-refractivity contribution in [3.63, 3.8) is 0 Å². The highest BCUT2D eigenvalue weighted by atomic mass is 35.5. The fourth-order valence-electron chi connectivity index (χ4n) is 1.65. The zero-order valence-corrected chi connectivity index (χ0v) is 11.3. The number of ether oxygens (including phenoxy) is 1. The van der Waals surface area contributed by atoms with Gasteiger partial charge in [-0.1, -0.05) is 17.7 Å². The molecule has 0 saturated heterocycles. The van der Waals surface area contributed by atoms with E-state index in [9.17, 15) is 4.79 Å². The molecule has 102 valence electrons.